The maximum atomic E-state index is 12.2. The third-order valence-corrected chi connectivity index (χ3v) is 5.60. The lowest BCUT2D eigenvalue weighted by atomic mass is 10.2. The third kappa shape index (κ3) is 4.91. The van der Waals surface area contributed by atoms with E-state index in [1.54, 1.807) is 7.11 Å². The smallest absolute Gasteiger partial charge is 0.303 e. The first-order chi connectivity index (χ1) is 14.7. The number of benzene rings is 2. The number of ether oxygens (including phenoxy) is 1. The van der Waals surface area contributed by atoms with Gasteiger partial charge in [-0.1, -0.05) is 30.3 Å². The molecule has 0 atom stereocenters. The number of hydrogen-bond acceptors (Lipinski definition) is 6. The number of aromatic nitrogens is 1. The molecule has 1 fully saturated rings. The minimum absolute atomic E-state index is 0.346. The summed E-state index contributed by atoms with van der Waals surface area (Å²) < 4.78 is 5.21. The van der Waals surface area contributed by atoms with E-state index in [1.807, 2.05) is 52.7 Å². The molecule has 4 rings (SSSR count). The van der Waals surface area contributed by atoms with Crippen LogP contribution in [-0.2, 0) is 4.79 Å². The Morgan fingerprint density at radius 1 is 1.07 bits per heavy atom. The zero-order chi connectivity index (χ0) is 20.8. The van der Waals surface area contributed by atoms with Gasteiger partial charge in [0, 0.05) is 54.8 Å². The second-order valence-corrected chi connectivity index (χ2v) is 7.63. The van der Waals surface area contributed by atoms with Gasteiger partial charge in [0.25, 0.3) is 0 Å². The van der Waals surface area contributed by atoms with E-state index in [0.29, 0.717) is 5.13 Å². The van der Waals surface area contributed by atoms with Crippen molar-refractivity contribution in [3.8, 4) is 29.0 Å². The average molecular weight is 419 g/mol. The Kier molecular flexibility index (Phi) is 6.16. The molecule has 2 heterocycles. The fraction of sp³-hybridized carbons (Fsp3) is 0.217. The largest absolute Gasteiger partial charge is 0.497 e. The summed E-state index contributed by atoms with van der Waals surface area (Å²) in [5.74, 6) is 3.18. The van der Waals surface area contributed by atoms with Crippen LogP contribution in [0.2, 0.25) is 0 Å². The Morgan fingerprint density at radius 2 is 1.80 bits per heavy atom. The Bertz CT molecular complexity index is 1050. The summed E-state index contributed by atoms with van der Waals surface area (Å²) in [7, 11) is 1.67. The van der Waals surface area contributed by atoms with Crippen LogP contribution in [0.5, 0.6) is 5.75 Å². The molecule has 1 N–H and O–H groups in total. The molecule has 6 nitrogen and oxygen atoms in total. The zero-order valence-corrected chi connectivity index (χ0v) is 17.5. The van der Waals surface area contributed by atoms with Crippen LogP contribution in [0.15, 0.2) is 60.0 Å². The summed E-state index contributed by atoms with van der Waals surface area (Å²) in [6.45, 7) is 3.27. The predicted octanol–water partition coefficient (Wildman–Crippen LogP) is 3.54. The van der Waals surface area contributed by atoms with Crippen molar-refractivity contribution in [1.82, 2.24) is 9.88 Å². The summed E-state index contributed by atoms with van der Waals surface area (Å²) in [6, 6.07) is 20.9. The molecule has 152 valence electrons. The predicted molar refractivity (Wildman–Crippen MR) is 121 cm³/mol. The molecule has 3 aromatic rings. The van der Waals surface area contributed by atoms with Crippen molar-refractivity contribution in [2.75, 3.05) is 43.5 Å². The minimum Gasteiger partial charge on any atom is -0.497 e. The van der Waals surface area contributed by atoms with E-state index in [4.69, 9.17) is 4.74 Å². The van der Waals surface area contributed by atoms with Gasteiger partial charge < -0.3 is 14.5 Å². The summed E-state index contributed by atoms with van der Waals surface area (Å²) in [4.78, 5) is 20.9. The van der Waals surface area contributed by atoms with E-state index in [1.165, 1.54) is 17.0 Å². The van der Waals surface area contributed by atoms with E-state index in [0.717, 1.165) is 43.2 Å². The summed E-state index contributed by atoms with van der Waals surface area (Å²) >= 11 is 1.39. The molecule has 30 heavy (non-hydrogen) atoms. The van der Waals surface area contributed by atoms with Crippen LogP contribution < -0.4 is 15.0 Å². The van der Waals surface area contributed by atoms with Gasteiger partial charge in [-0.05, 0) is 24.3 Å². The van der Waals surface area contributed by atoms with Crippen LogP contribution >= 0.6 is 11.3 Å². The third-order valence-electron chi connectivity index (χ3n) is 4.84. The van der Waals surface area contributed by atoms with Crippen molar-refractivity contribution >= 4 is 28.1 Å². The van der Waals surface area contributed by atoms with E-state index in [9.17, 15) is 4.79 Å². The highest BCUT2D eigenvalue weighted by atomic mass is 32.1. The molecule has 7 heteroatoms. The molecule has 1 saturated heterocycles. The number of nitrogens with zero attached hydrogens (tertiary/aromatic N) is 3. The fourth-order valence-corrected chi connectivity index (χ4v) is 3.92. The fourth-order valence-electron chi connectivity index (χ4n) is 3.20. The van der Waals surface area contributed by atoms with Crippen LogP contribution in [0, 0.1) is 12.0 Å². The second-order valence-electron chi connectivity index (χ2n) is 6.77. The maximum Gasteiger partial charge on any atom is 0.303 e. The van der Waals surface area contributed by atoms with Crippen LogP contribution in [0.25, 0.3) is 11.3 Å². The SMILES string of the molecule is COc1ccc(N2CCN(C#CC(=O)Nc3nc(-c4ccccc4)cs3)CC2)cc1. The molecule has 1 aliphatic heterocycles. The van der Waals surface area contributed by atoms with Crippen LogP contribution in [-0.4, -0.2) is 49.1 Å². The van der Waals surface area contributed by atoms with E-state index < -0.39 is 0 Å². The van der Waals surface area contributed by atoms with Gasteiger partial charge in [0.1, 0.15) is 5.75 Å². The monoisotopic (exact) mass is 418 g/mol. The van der Waals surface area contributed by atoms with Crippen molar-refractivity contribution in [2.45, 2.75) is 0 Å². The zero-order valence-electron chi connectivity index (χ0n) is 16.7. The van der Waals surface area contributed by atoms with E-state index in [2.05, 4.69) is 39.3 Å². The number of rotatable bonds is 4. The number of thiazole rings is 1. The molecule has 0 aliphatic carbocycles. The number of carbonyl (C=O) groups is 1. The average Bonchev–Trinajstić information content (AvgIpc) is 3.27. The van der Waals surface area contributed by atoms with E-state index in [-0.39, 0.29) is 5.91 Å². The van der Waals surface area contributed by atoms with Crippen molar-refractivity contribution in [1.29, 1.82) is 0 Å². The van der Waals surface area contributed by atoms with Gasteiger partial charge in [0.2, 0.25) is 0 Å². The van der Waals surface area contributed by atoms with Crippen molar-refractivity contribution in [2.24, 2.45) is 0 Å². The first kappa shape index (κ1) is 19.8. The van der Waals surface area contributed by atoms with Crippen molar-refractivity contribution in [3.05, 3.63) is 60.0 Å². The summed E-state index contributed by atoms with van der Waals surface area (Å²) in [5, 5.41) is 5.24. The van der Waals surface area contributed by atoms with Gasteiger partial charge in [-0.25, -0.2) is 4.98 Å². The molecule has 1 aliphatic rings. The van der Waals surface area contributed by atoms with Crippen molar-refractivity contribution < 1.29 is 9.53 Å². The van der Waals surface area contributed by atoms with Gasteiger partial charge >= 0.3 is 5.91 Å². The van der Waals surface area contributed by atoms with Gasteiger partial charge in [0.15, 0.2) is 5.13 Å². The first-order valence-corrected chi connectivity index (χ1v) is 10.6. The first-order valence-electron chi connectivity index (χ1n) is 9.69. The van der Waals surface area contributed by atoms with Crippen LogP contribution in [0.4, 0.5) is 10.8 Å². The molecule has 1 aromatic heterocycles. The molecule has 1 amide bonds. The quantitative estimate of drug-likeness (QED) is 0.657. The summed E-state index contributed by atoms with van der Waals surface area (Å²) in [6.07, 6.45) is 0. The number of nitrogens with one attached hydrogen (secondary N) is 1. The maximum absolute atomic E-state index is 12.2. The van der Waals surface area contributed by atoms with Gasteiger partial charge in [-0.3, -0.25) is 10.1 Å². The minimum atomic E-state index is -0.346. The number of carbonyl (C=O) groups excluding carboxylic acids is 1. The van der Waals surface area contributed by atoms with Gasteiger partial charge in [-0.2, -0.15) is 0 Å². The number of amides is 1. The Morgan fingerprint density at radius 3 is 2.50 bits per heavy atom. The Balaban J connectivity index is 1.28. The lowest BCUT2D eigenvalue weighted by Gasteiger charge is -2.34. The van der Waals surface area contributed by atoms with Gasteiger partial charge in [0.05, 0.1) is 12.8 Å². The van der Waals surface area contributed by atoms with E-state index >= 15 is 0 Å². The number of methoxy groups -OCH3 is 1. The number of piperazine rings is 1. The Labute approximate surface area is 180 Å². The highest BCUT2D eigenvalue weighted by Crippen LogP contribution is 2.24. The normalized spacial score (nSPS) is 13.4. The molecular formula is C23H22N4O2S. The molecule has 0 saturated carbocycles. The summed E-state index contributed by atoms with van der Waals surface area (Å²) in [5.41, 5.74) is 3.03. The highest BCUT2D eigenvalue weighted by molar-refractivity contribution is 7.14. The molecule has 0 spiro atoms. The Hall–Kier alpha value is -3.50. The second kappa shape index (κ2) is 9.33. The molecule has 2 aromatic carbocycles. The molecular weight excluding hydrogens is 396 g/mol. The molecule has 0 bridgehead atoms. The van der Waals surface area contributed by atoms with Crippen molar-refractivity contribution in [3.63, 3.8) is 0 Å². The standard InChI is InChI=1S/C23H22N4O2S/c1-29-20-9-7-19(8-10-20)27-15-13-26(14-16-27)12-11-22(28)25-23-24-21(17-30-23)18-5-3-2-4-6-18/h2-10,17H,13-16H2,1H3,(H,24,25,28). The highest BCUT2D eigenvalue weighted by Gasteiger charge is 2.15. The van der Waals surface area contributed by atoms with Crippen LogP contribution in [0.1, 0.15) is 0 Å². The van der Waals surface area contributed by atoms with Crippen LogP contribution in [0.3, 0.4) is 0 Å². The van der Waals surface area contributed by atoms with Gasteiger partial charge in [-0.15, -0.1) is 11.3 Å². The number of hydrogen-bond donors (Lipinski definition) is 1. The lowest BCUT2D eigenvalue weighted by Crippen LogP contribution is -2.44. The molecule has 0 unspecified atom stereocenters. The topological polar surface area (TPSA) is 57.7 Å². The molecule has 0 radical (unpaired) electrons. The lowest BCUT2D eigenvalue weighted by molar-refractivity contribution is -0.111. The number of anilines is 2.